The molecule has 0 saturated carbocycles. The zero-order valence-electron chi connectivity index (χ0n) is 2.93. The van der Waals surface area contributed by atoms with Crippen molar-refractivity contribution >= 4 is 14.7 Å². The molecule has 0 aromatic carbocycles. The van der Waals surface area contributed by atoms with Gasteiger partial charge in [0.2, 0.25) is 0 Å². The fourth-order valence-electron chi connectivity index (χ4n) is 0.165. The summed E-state index contributed by atoms with van der Waals surface area (Å²) in [7, 11) is 0.455. The highest BCUT2D eigenvalue weighted by molar-refractivity contribution is 7.46. The molecule has 0 spiro atoms. The van der Waals surface area contributed by atoms with Gasteiger partial charge in [-0.15, -0.1) is 0 Å². The van der Waals surface area contributed by atoms with Crippen LogP contribution in [-0.2, 0) is 4.79 Å². The molecule has 6 heavy (non-hydrogen) atoms. The summed E-state index contributed by atoms with van der Waals surface area (Å²) in [5.74, 6) is -0.932. The van der Waals surface area contributed by atoms with Gasteiger partial charge in [-0.2, -0.15) is 0 Å². The minimum absolute atomic E-state index is 0.204. The Bertz CT molecular complexity index is 79.6. The highest BCUT2D eigenvalue weighted by atomic mass is 31.1. The van der Waals surface area contributed by atoms with Crippen LogP contribution in [0, 0.1) is 0 Å². The van der Waals surface area contributed by atoms with Gasteiger partial charge in [0.15, 0.2) is 0 Å². The SMILES string of the molecule is O=C(O)C1NP1. The number of carboxylic acids is 1. The second-order valence-corrected chi connectivity index (χ2v) is 2.21. The third kappa shape index (κ3) is 0.671. The Morgan fingerprint density at radius 1 is 2.00 bits per heavy atom. The Labute approximate surface area is 36.6 Å². The van der Waals surface area contributed by atoms with Crippen molar-refractivity contribution < 1.29 is 9.90 Å². The normalized spacial score (nSPS) is 33.7. The number of hydrogen-bond donors (Lipinski definition) is 2. The zero-order chi connectivity index (χ0) is 4.57. The third-order valence-electron chi connectivity index (χ3n) is 0.536. The van der Waals surface area contributed by atoms with E-state index in [0.29, 0.717) is 8.73 Å². The topological polar surface area (TPSA) is 59.2 Å². The van der Waals surface area contributed by atoms with Crippen LogP contribution in [0.4, 0.5) is 0 Å². The molecule has 4 heteroatoms. The number of hydrogen-bond acceptors (Lipinski definition) is 2. The van der Waals surface area contributed by atoms with Crippen molar-refractivity contribution in [2.75, 3.05) is 0 Å². The predicted octanol–water partition coefficient (Wildman–Crippen LogP) is -0.406. The van der Waals surface area contributed by atoms with E-state index < -0.39 is 5.97 Å². The van der Waals surface area contributed by atoms with Crippen LogP contribution in [0.5, 0.6) is 0 Å². The van der Waals surface area contributed by atoms with Gasteiger partial charge in [-0.3, -0.25) is 9.88 Å². The van der Waals surface area contributed by atoms with Gasteiger partial charge in [0.05, 0.1) is 0 Å². The molecule has 1 rings (SSSR count). The van der Waals surface area contributed by atoms with E-state index in [4.69, 9.17) is 5.11 Å². The summed E-state index contributed by atoms with van der Waals surface area (Å²) in [4.78, 5) is 9.71. The first-order valence-corrected chi connectivity index (χ1v) is 2.62. The van der Waals surface area contributed by atoms with Crippen LogP contribution in [0.3, 0.4) is 0 Å². The fraction of sp³-hybridized carbons (Fsp3) is 0.500. The van der Waals surface area contributed by atoms with Crippen LogP contribution >= 0.6 is 8.73 Å². The van der Waals surface area contributed by atoms with E-state index >= 15 is 0 Å². The van der Waals surface area contributed by atoms with Crippen LogP contribution in [0.2, 0.25) is 0 Å². The van der Waals surface area contributed by atoms with Gasteiger partial charge in [-0.25, -0.2) is 0 Å². The molecule has 0 bridgehead atoms. The van der Waals surface area contributed by atoms with Gasteiger partial charge < -0.3 is 5.11 Å². The molecule has 0 aliphatic carbocycles. The fourth-order valence-corrected chi connectivity index (χ4v) is 0.495. The Kier molecular flexibility index (Phi) is 0.787. The highest BCUT2D eigenvalue weighted by Crippen LogP contribution is 2.28. The molecule has 3 nitrogen and oxygen atoms in total. The number of rotatable bonds is 1. The lowest BCUT2D eigenvalue weighted by Crippen LogP contribution is -2.05. The molecule has 0 amide bonds. The van der Waals surface area contributed by atoms with E-state index in [2.05, 4.69) is 5.09 Å². The molecular weight excluding hydrogens is 101 g/mol. The molecular formula is C2H4NO2P. The summed E-state index contributed by atoms with van der Waals surface area (Å²) < 4.78 is 0. The van der Waals surface area contributed by atoms with Crippen molar-refractivity contribution in [3.63, 3.8) is 0 Å². The maximum atomic E-state index is 9.71. The monoisotopic (exact) mass is 105 g/mol. The van der Waals surface area contributed by atoms with E-state index in [0.717, 1.165) is 0 Å². The second kappa shape index (κ2) is 1.17. The van der Waals surface area contributed by atoms with Gasteiger partial charge in [0.1, 0.15) is 5.78 Å². The van der Waals surface area contributed by atoms with Gasteiger partial charge >= 0.3 is 5.97 Å². The molecule has 2 N–H and O–H groups in total. The Morgan fingerprint density at radius 3 is 2.50 bits per heavy atom. The number of carbonyl (C=O) groups is 1. The van der Waals surface area contributed by atoms with Crippen LogP contribution in [-0.4, -0.2) is 16.9 Å². The summed E-state index contributed by atoms with van der Waals surface area (Å²) in [6, 6.07) is 0. The summed E-state index contributed by atoms with van der Waals surface area (Å²) in [6.07, 6.45) is 0. The van der Waals surface area contributed by atoms with Crippen molar-refractivity contribution in [3.8, 4) is 0 Å². The predicted molar refractivity (Wildman–Crippen MR) is 22.9 cm³/mol. The summed E-state index contributed by atoms with van der Waals surface area (Å²) in [6.45, 7) is 0. The first kappa shape index (κ1) is 4.03. The number of carboxylic acid groups (broad SMARTS) is 1. The Balaban J connectivity index is 2.31. The highest BCUT2D eigenvalue weighted by Gasteiger charge is 2.27. The molecule has 0 aromatic heterocycles. The van der Waals surface area contributed by atoms with E-state index in [9.17, 15) is 4.79 Å². The first-order chi connectivity index (χ1) is 2.80. The second-order valence-electron chi connectivity index (χ2n) is 1.06. The summed E-state index contributed by atoms with van der Waals surface area (Å²) in [5, 5.41) is 10.7. The number of nitrogens with one attached hydrogen (secondary N) is 1. The van der Waals surface area contributed by atoms with E-state index in [1.807, 2.05) is 0 Å². The van der Waals surface area contributed by atoms with E-state index in [1.165, 1.54) is 0 Å². The molecule has 1 heterocycles. The quantitative estimate of drug-likeness (QED) is 0.352. The van der Waals surface area contributed by atoms with Crippen LogP contribution in [0.25, 0.3) is 0 Å². The molecule has 1 aliphatic heterocycles. The maximum absolute atomic E-state index is 9.71. The minimum atomic E-state index is -0.728. The minimum Gasteiger partial charge on any atom is -0.480 e. The van der Waals surface area contributed by atoms with Crippen molar-refractivity contribution in [1.29, 1.82) is 0 Å². The molecule has 34 valence electrons. The summed E-state index contributed by atoms with van der Waals surface area (Å²) in [5.41, 5.74) is 0. The standard InChI is InChI=1S/C2H4NO2P/c4-2(5)1-3-6-1/h1,3,6H,(H,4,5). The van der Waals surface area contributed by atoms with Crippen LogP contribution < -0.4 is 5.09 Å². The Hall–Kier alpha value is -0.140. The largest absolute Gasteiger partial charge is 0.480 e. The molecule has 2 unspecified atom stereocenters. The molecule has 0 radical (unpaired) electrons. The molecule has 2 atom stereocenters. The van der Waals surface area contributed by atoms with E-state index in [1.54, 1.807) is 0 Å². The van der Waals surface area contributed by atoms with Gasteiger partial charge in [-0.05, 0) is 8.73 Å². The molecule has 0 aromatic rings. The summed E-state index contributed by atoms with van der Waals surface area (Å²) >= 11 is 0. The lowest BCUT2D eigenvalue weighted by Gasteiger charge is -1.73. The van der Waals surface area contributed by atoms with Crippen LogP contribution in [0.1, 0.15) is 0 Å². The average Bonchev–Trinajstić information content (AvgIpc) is 2.06. The van der Waals surface area contributed by atoms with Crippen molar-refractivity contribution in [2.24, 2.45) is 0 Å². The van der Waals surface area contributed by atoms with Crippen molar-refractivity contribution in [2.45, 2.75) is 5.78 Å². The third-order valence-corrected chi connectivity index (χ3v) is 1.36. The van der Waals surface area contributed by atoms with Gasteiger partial charge in [-0.1, -0.05) is 0 Å². The van der Waals surface area contributed by atoms with Crippen molar-refractivity contribution in [1.82, 2.24) is 5.09 Å². The van der Waals surface area contributed by atoms with Crippen molar-refractivity contribution in [3.05, 3.63) is 0 Å². The first-order valence-electron chi connectivity index (χ1n) is 1.54. The van der Waals surface area contributed by atoms with E-state index in [-0.39, 0.29) is 5.78 Å². The Morgan fingerprint density at radius 2 is 2.50 bits per heavy atom. The zero-order valence-corrected chi connectivity index (χ0v) is 3.93. The molecule has 1 aliphatic rings. The smallest absolute Gasteiger partial charge is 0.326 e. The molecule has 1 saturated heterocycles. The maximum Gasteiger partial charge on any atom is 0.326 e. The average molecular weight is 105 g/mol. The van der Waals surface area contributed by atoms with Gasteiger partial charge in [0.25, 0.3) is 0 Å². The van der Waals surface area contributed by atoms with Crippen LogP contribution in [0.15, 0.2) is 0 Å². The lowest BCUT2D eigenvalue weighted by atomic mass is 10.7. The van der Waals surface area contributed by atoms with Gasteiger partial charge in [0, 0.05) is 0 Å². The molecule has 1 fully saturated rings. The lowest BCUT2D eigenvalue weighted by molar-refractivity contribution is -0.135. The number of aliphatic carboxylic acids is 1.